The maximum atomic E-state index is 16.2. The number of aromatic nitrogens is 7. The van der Waals surface area contributed by atoms with E-state index < -0.39 is 35.9 Å². The van der Waals surface area contributed by atoms with Crippen LogP contribution < -0.4 is 20.5 Å². The highest BCUT2D eigenvalue weighted by Gasteiger charge is 2.38. The molecular weight excluding hydrogens is 620 g/mol. The smallest absolute Gasteiger partial charge is 0.471 e. The van der Waals surface area contributed by atoms with E-state index in [0.717, 1.165) is 4.68 Å². The van der Waals surface area contributed by atoms with Crippen LogP contribution in [-0.4, -0.2) is 60.5 Å². The van der Waals surface area contributed by atoms with E-state index in [0.29, 0.717) is 25.1 Å². The van der Waals surface area contributed by atoms with Gasteiger partial charge in [0.1, 0.15) is 11.9 Å². The fraction of sp³-hybridized carbons (Fsp3) is 0.321. The molecule has 0 aliphatic carbocycles. The third-order valence-corrected chi connectivity index (χ3v) is 7.13. The van der Waals surface area contributed by atoms with Gasteiger partial charge < -0.3 is 29.2 Å². The van der Waals surface area contributed by atoms with E-state index in [-0.39, 0.29) is 57.8 Å². The molecule has 0 radical (unpaired) electrons. The van der Waals surface area contributed by atoms with Gasteiger partial charge in [-0.15, -0.1) is 5.10 Å². The molecule has 3 aromatic heterocycles. The van der Waals surface area contributed by atoms with Crippen molar-refractivity contribution in [1.29, 1.82) is 0 Å². The summed E-state index contributed by atoms with van der Waals surface area (Å²) in [5, 5.41) is 27.8. The summed E-state index contributed by atoms with van der Waals surface area (Å²) in [7, 11) is 1.42. The Labute approximate surface area is 256 Å². The number of aliphatic hydroxyl groups excluding tert-OH is 1. The van der Waals surface area contributed by atoms with Crippen LogP contribution >= 0.6 is 0 Å². The van der Waals surface area contributed by atoms with Gasteiger partial charge in [-0.1, -0.05) is 5.16 Å². The monoisotopic (exact) mass is 646 g/mol. The van der Waals surface area contributed by atoms with Crippen LogP contribution in [0.2, 0.25) is 0 Å². The summed E-state index contributed by atoms with van der Waals surface area (Å²) in [5.74, 6) is -1.85. The summed E-state index contributed by atoms with van der Waals surface area (Å²) in [6.07, 6.45) is -3.99. The SMILES string of the molecule is CCOC(O)c1cn[nH]c1-n1nc(C(Nc2ccc(-c3noc(C(F)(F)F)n3)cc2)c2cc(OC)c3c(c2F)CCCO3)[nH]c1=O. The molecule has 242 valence electrons. The van der Waals surface area contributed by atoms with Gasteiger partial charge in [-0.2, -0.15) is 27.9 Å². The summed E-state index contributed by atoms with van der Waals surface area (Å²) in [4.78, 5) is 19.2. The number of benzene rings is 2. The zero-order chi connectivity index (χ0) is 32.6. The first-order valence-corrected chi connectivity index (χ1v) is 13.9. The predicted octanol–water partition coefficient (Wildman–Crippen LogP) is 4.05. The highest BCUT2D eigenvalue weighted by molar-refractivity contribution is 5.61. The number of aliphatic hydroxyl groups is 1. The van der Waals surface area contributed by atoms with Crippen molar-refractivity contribution in [2.24, 2.45) is 0 Å². The summed E-state index contributed by atoms with van der Waals surface area (Å²) >= 11 is 0. The second-order valence-electron chi connectivity index (χ2n) is 10.0. The number of halogens is 4. The molecule has 0 bridgehead atoms. The lowest BCUT2D eigenvalue weighted by Gasteiger charge is -2.25. The number of anilines is 1. The van der Waals surface area contributed by atoms with E-state index in [1.165, 1.54) is 43.6 Å². The van der Waals surface area contributed by atoms with E-state index in [9.17, 15) is 23.1 Å². The number of methoxy groups -OCH3 is 1. The van der Waals surface area contributed by atoms with E-state index in [1.54, 1.807) is 6.92 Å². The first-order chi connectivity index (χ1) is 22.1. The molecule has 1 aliphatic rings. The minimum Gasteiger partial charge on any atom is -0.493 e. The fourth-order valence-electron chi connectivity index (χ4n) is 5.00. The molecule has 0 fully saturated rings. The minimum atomic E-state index is -4.80. The lowest BCUT2D eigenvalue weighted by Crippen LogP contribution is -2.19. The number of ether oxygens (including phenoxy) is 3. The van der Waals surface area contributed by atoms with Gasteiger partial charge in [0, 0.05) is 29.0 Å². The van der Waals surface area contributed by atoms with Gasteiger partial charge in [-0.05, 0) is 50.1 Å². The Morgan fingerprint density at radius 2 is 2.00 bits per heavy atom. The van der Waals surface area contributed by atoms with Crippen LogP contribution in [0.5, 0.6) is 11.5 Å². The number of H-pyrrole nitrogens is 2. The average Bonchev–Trinajstić information content (AvgIpc) is 3.81. The molecule has 46 heavy (non-hydrogen) atoms. The number of hydrogen-bond donors (Lipinski definition) is 4. The number of nitrogens with zero attached hydrogens (tertiary/aromatic N) is 5. The normalized spacial score (nSPS) is 14.4. The predicted molar refractivity (Wildman–Crippen MR) is 150 cm³/mol. The summed E-state index contributed by atoms with van der Waals surface area (Å²) in [6, 6.07) is 6.17. The van der Waals surface area contributed by atoms with Gasteiger partial charge in [0.05, 0.1) is 25.5 Å². The lowest BCUT2D eigenvalue weighted by atomic mass is 9.96. The van der Waals surface area contributed by atoms with Crippen molar-refractivity contribution in [1.82, 2.24) is 35.1 Å². The maximum Gasteiger partial charge on any atom is 0.471 e. The van der Waals surface area contributed by atoms with Crippen molar-refractivity contribution in [3.63, 3.8) is 0 Å². The molecule has 5 aromatic rings. The van der Waals surface area contributed by atoms with Gasteiger partial charge in [0.2, 0.25) is 5.82 Å². The van der Waals surface area contributed by atoms with Gasteiger partial charge >= 0.3 is 17.8 Å². The molecule has 14 nitrogen and oxygen atoms in total. The summed E-state index contributed by atoms with van der Waals surface area (Å²) < 4.78 is 76.7. The zero-order valence-electron chi connectivity index (χ0n) is 24.2. The van der Waals surface area contributed by atoms with Gasteiger partial charge in [-0.3, -0.25) is 10.1 Å². The largest absolute Gasteiger partial charge is 0.493 e. The molecular formula is C28H26F4N8O6. The van der Waals surface area contributed by atoms with Crippen molar-refractivity contribution < 1.29 is 41.4 Å². The summed E-state index contributed by atoms with van der Waals surface area (Å²) in [5.41, 5.74) is 0.326. The lowest BCUT2D eigenvalue weighted by molar-refractivity contribution is -0.159. The van der Waals surface area contributed by atoms with Crippen LogP contribution in [0.3, 0.4) is 0 Å². The Kier molecular flexibility index (Phi) is 8.22. The van der Waals surface area contributed by atoms with Gasteiger partial charge in [0.15, 0.2) is 29.4 Å². The third kappa shape index (κ3) is 5.79. The molecule has 0 saturated heterocycles. The topological polar surface area (TPSA) is 178 Å². The van der Waals surface area contributed by atoms with Crippen molar-refractivity contribution >= 4 is 5.69 Å². The van der Waals surface area contributed by atoms with Crippen LogP contribution in [-0.2, 0) is 17.3 Å². The molecule has 2 atom stereocenters. The molecule has 6 rings (SSSR count). The quantitative estimate of drug-likeness (QED) is 0.127. The fourth-order valence-corrected chi connectivity index (χ4v) is 5.00. The number of aromatic amines is 2. The van der Waals surface area contributed by atoms with Crippen molar-refractivity contribution in [2.45, 2.75) is 38.3 Å². The van der Waals surface area contributed by atoms with Gasteiger partial charge in [-0.25, -0.2) is 9.18 Å². The van der Waals surface area contributed by atoms with Crippen LogP contribution in [0.4, 0.5) is 23.2 Å². The van der Waals surface area contributed by atoms with Crippen LogP contribution in [0.25, 0.3) is 17.2 Å². The molecule has 4 heterocycles. The first-order valence-electron chi connectivity index (χ1n) is 13.9. The number of hydrogen-bond acceptors (Lipinski definition) is 11. The van der Waals surface area contributed by atoms with E-state index in [1.807, 2.05) is 0 Å². The average molecular weight is 647 g/mol. The standard InChI is InChI=1S/C28H26F4N8O6/c1-3-44-25(41)17-12-33-37-24(17)40-27(42)36-23(38-40)20(16-11-18(43-2)21-15(19(16)29)5-4-10-45-21)34-14-8-6-13(7-9-14)22-35-26(46-39-22)28(30,31)32/h6-9,11-12,20,25,34,41H,3-5,10H2,1-2H3,(H,33,37)(H,36,38,42). The molecule has 2 aromatic carbocycles. The molecule has 0 spiro atoms. The summed E-state index contributed by atoms with van der Waals surface area (Å²) in [6.45, 7) is 2.24. The number of fused-ring (bicyclic) bond motifs is 1. The zero-order valence-corrected chi connectivity index (χ0v) is 24.2. The Bertz CT molecular complexity index is 1900. The molecule has 18 heteroatoms. The Balaban J connectivity index is 1.42. The van der Waals surface area contributed by atoms with E-state index in [4.69, 9.17) is 14.2 Å². The minimum absolute atomic E-state index is 0.0202. The van der Waals surface area contributed by atoms with Crippen LogP contribution in [0.1, 0.15) is 54.1 Å². The number of nitrogens with one attached hydrogen (secondary N) is 3. The van der Waals surface area contributed by atoms with E-state index in [2.05, 4.69) is 40.3 Å². The highest BCUT2D eigenvalue weighted by Crippen LogP contribution is 2.42. The first kappa shape index (κ1) is 30.8. The highest BCUT2D eigenvalue weighted by atomic mass is 19.4. The molecule has 0 saturated carbocycles. The number of alkyl halides is 3. The maximum absolute atomic E-state index is 16.2. The number of rotatable bonds is 10. The molecule has 0 amide bonds. The van der Waals surface area contributed by atoms with Crippen molar-refractivity contribution in [3.8, 4) is 28.7 Å². The second kappa shape index (κ2) is 12.3. The molecule has 1 aliphatic heterocycles. The second-order valence-corrected chi connectivity index (χ2v) is 10.0. The Morgan fingerprint density at radius 1 is 1.22 bits per heavy atom. The van der Waals surface area contributed by atoms with E-state index >= 15 is 4.39 Å². The van der Waals surface area contributed by atoms with Crippen molar-refractivity contribution in [2.75, 3.05) is 25.6 Å². The molecule has 4 N–H and O–H groups in total. The Morgan fingerprint density at radius 3 is 2.70 bits per heavy atom. The molecule has 2 unspecified atom stereocenters. The third-order valence-electron chi connectivity index (χ3n) is 7.13. The van der Waals surface area contributed by atoms with Crippen LogP contribution in [0, 0.1) is 5.82 Å². The van der Waals surface area contributed by atoms with Crippen LogP contribution in [0.15, 0.2) is 45.8 Å². The van der Waals surface area contributed by atoms with Crippen molar-refractivity contribution in [3.05, 3.63) is 81.2 Å². The van der Waals surface area contributed by atoms with Gasteiger partial charge in [0.25, 0.3) is 0 Å². The Hall–Kier alpha value is -5.23.